The van der Waals surface area contributed by atoms with Crippen molar-refractivity contribution in [2.45, 2.75) is 20.0 Å². The Morgan fingerprint density at radius 2 is 2.33 bits per heavy atom. The Morgan fingerprint density at radius 3 is 2.87 bits per heavy atom. The Hall–Kier alpha value is -1.84. The Balaban J connectivity index is 2.72. The first-order valence-corrected chi connectivity index (χ1v) is 4.68. The van der Waals surface area contributed by atoms with Gasteiger partial charge in [0, 0.05) is 29.7 Å². The fraction of sp³-hybridized carbons (Fsp3) is 0.273. The molecule has 0 saturated carbocycles. The van der Waals surface area contributed by atoms with Gasteiger partial charge < -0.3 is 10.5 Å². The quantitative estimate of drug-likeness (QED) is 0.598. The van der Waals surface area contributed by atoms with Crippen molar-refractivity contribution in [3.63, 3.8) is 0 Å². The number of aromatic nitrogens is 1. The first-order valence-electron chi connectivity index (χ1n) is 4.68. The summed E-state index contributed by atoms with van der Waals surface area (Å²) in [6.45, 7) is 3.57. The van der Waals surface area contributed by atoms with E-state index < -0.39 is 5.97 Å². The Kier molecular flexibility index (Phi) is 3.85. The van der Waals surface area contributed by atoms with E-state index >= 15 is 0 Å². The molecule has 4 heteroatoms. The van der Waals surface area contributed by atoms with Crippen LogP contribution in [0.5, 0.6) is 0 Å². The number of carbonyl (C=O) groups excluding carboxylic acids is 1. The molecule has 0 bridgehead atoms. The second-order valence-electron chi connectivity index (χ2n) is 3.33. The van der Waals surface area contributed by atoms with E-state index in [1.165, 1.54) is 6.08 Å². The topological polar surface area (TPSA) is 65.2 Å². The minimum absolute atomic E-state index is 0.143. The zero-order valence-electron chi connectivity index (χ0n) is 8.81. The van der Waals surface area contributed by atoms with Crippen molar-refractivity contribution in [3.05, 3.63) is 36.2 Å². The van der Waals surface area contributed by atoms with Crippen molar-refractivity contribution in [2.75, 3.05) is 0 Å². The molecule has 2 N–H and O–H groups in total. The number of esters is 1. The predicted octanol–water partition coefficient (Wildman–Crippen LogP) is 1.33. The number of ether oxygens (including phenoxy) is 1. The van der Waals surface area contributed by atoms with Gasteiger partial charge in [-0.1, -0.05) is 0 Å². The molecule has 0 amide bonds. The molecule has 0 radical (unpaired) electrons. The van der Waals surface area contributed by atoms with Crippen LogP contribution in [0.4, 0.5) is 0 Å². The highest BCUT2D eigenvalue weighted by Gasteiger charge is 2.04. The van der Waals surface area contributed by atoms with Crippen LogP contribution in [0.15, 0.2) is 30.6 Å². The van der Waals surface area contributed by atoms with E-state index in [0.29, 0.717) is 11.3 Å². The van der Waals surface area contributed by atoms with Gasteiger partial charge in [-0.25, -0.2) is 4.79 Å². The van der Waals surface area contributed by atoms with E-state index in [-0.39, 0.29) is 6.10 Å². The van der Waals surface area contributed by atoms with Gasteiger partial charge in [-0.05, 0) is 26.0 Å². The van der Waals surface area contributed by atoms with Gasteiger partial charge in [0.2, 0.25) is 0 Å². The van der Waals surface area contributed by atoms with E-state index in [9.17, 15) is 4.79 Å². The van der Waals surface area contributed by atoms with Crippen LogP contribution < -0.4 is 5.73 Å². The minimum Gasteiger partial charge on any atom is -0.460 e. The summed E-state index contributed by atoms with van der Waals surface area (Å²) in [5.74, 6) is -0.439. The van der Waals surface area contributed by atoms with Crippen LogP contribution in [0, 0.1) is 0 Å². The lowest BCUT2D eigenvalue weighted by Gasteiger charge is -2.05. The number of hydrogen-bond donors (Lipinski definition) is 1. The van der Waals surface area contributed by atoms with E-state index in [4.69, 9.17) is 10.5 Å². The summed E-state index contributed by atoms with van der Waals surface area (Å²) in [7, 11) is 0. The maximum absolute atomic E-state index is 11.2. The van der Waals surface area contributed by atoms with Gasteiger partial charge in [0.25, 0.3) is 0 Å². The van der Waals surface area contributed by atoms with Gasteiger partial charge in [-0.15, -0.1) is 0 Å². The molecule has 0 aliphatic carbocycles. The van der Waals surface area contributed by atoms with Crippen LogP contribution in [0.2, 0.25) is 0 Å². The minimum atomic E-state index is -0.439. The van der Waals surface area contributed by atoms with Gasteiger partial charge in [0.05, 0.1) is 6.10 Å². The van der Waals surface area contributed by atoms with E-state index in [2.05, 4.69) is 4.98 Å². The van der Waals surface area contributed by atoms with Gasteiger partial charge in [0.15, 0.2) is 0 Å². The maximum Gasteiger partial charge on any atom is 0.333 e. The molecular formula is C11H14N2O2. The lowest BCUT2D eigenvalue weighted by atomic mass is 10.2. The van der Waals surface area contributed by atoms with Crippen molar-refractivity contribution < 1.29 is 9.53 Å². The molecule has 0 aliphatic rings. The normalized spacial score (nSPS) is 11.5. The summed E-state index contributed by atoms with van der Waals surface area (Å²) < 4.78 is 4.93. The number of carbonyl (C=O) groups is 1. The highest BCUT2D eigenvalue weighted by atomic mass is 16.5. The number of hydrogen-bond acceptors (Lipinski definition) is 4. The molecule has 15 heavy (non-hydrogen) atoms. The second kappa shape index (κ2) is 5.14. The van der Waals surface area contributed by atoms with Crippen molar-refractivity contribution in [2.24, 2.45) is 5.73 Å². The van der Waals surface area contributed by atoms with Crippen molar-refractivity contribution in [3.8, 4) is 0 Å². The third-order valence-electron chi connectivity index (χ3n) is 1.62. The zero-order chi connectivity index (χ0) is 11.3. The van der Waals surface area contributed by atoms with Crippen LogP contribution in [0.1, 0.15) is 19.4 Å². The molecule has 0 saturated heterocycles. The molecule has 1 rings (SSSR count). The molecule has 1 aromatic rings. The summed E-state index contributed by atoms with van der Waals surface area (Å²) >= 11 is 0. The Morgan fingerprint density at radius 1 is 1.60 bits per heavy atom. The SMILES string of the molecule is CC(C)OC(=O)C=C(N)c1cccnc1. The second-order valence-corrected chi connectivity index (χ2v) is 3.33. The van der Waals surface area contributed by atoms with Gasteiger partial charge in [-0.2, -0.15) is 0 Å². The van der Waals surface area contributed by atoms with Gasteiger partial charge >= 0.3 is 5.97 Å². The van der Waals surface area contributed by atoms with Crippen molar-refractivity contribution in [1.29, 1.82) is 0 Å². The highest BCUT2D eigenvalue weighted by molar-refractivity contribution is 5.90. The molecule has 0 fully saturated rings. The third-order valence-corrected chi connectivity index (χ3v) is 1.62. The molecule has 80 valence electrons. The largest absolute Gasteiger partial charge is 0.460 e. The zero-order valence-corrected chi connectivity index (χ0v) is 8.81. The van der Waals surface area contributed by atoms with Crippen LogP contribution >= 0.6 is 0 Å². The molecule has 1 heterocycles. The first-order chi connectivity index (χ1) is 7.09. The fourth-order valence-electron chi connectivity index (χ4n) is 1.01. The van der Waals surface area contributed by atoms with Gasteiger partial charge in [0.1, 0.15) is 0 Å². The van der Waals surface area contributed by atoms with E-state index in [0.717, 1.165) is 0 Å². The third kappa shape index (κ3) is 3.81. The van der Waals surface area contributed by atoms with Gasteiger partial charge in [-0.3, -0.25) is 4.98 Å². The van der Waals surface area contributed by atoms with E-state index in [1.807, 2.05) is 0 Å². The summed E-state index contributed by atoms with van der Waals surface area (Å²) in [5, 5.41) is 0. The van der Waals surface area contributed by atoms with Crippen molar-refractivity contribution >= 4 is 11.7 Å². The van der Waals surface area contributed by atoms with E-state index in [1.54, 1.807) is 38.4 Å². The molecule has 0 atom stereocenters. The molecule has 4 nitrogen and oxygen atoms in total. The molecular weight excluding hydrogens is 192 g/mol. The summed E-state index contributed by atoms with van der Waals surface area (Å²) in [6, 6.07) is 3.53. The molecule has 1 aromatic heterocycles. The first kappa shape index (κ1) is 11.2. The number of rotatable bonds is 3. The summed E-state index contributed by atoms with van der Waals surface area (Å²) in [6.07, 6.45) is 4.35. The van der Waals surface area contributed by atoms with Crippen LogP contribution in [-0.4, -0.2) is 17.1 Å². The summed E-state index contributed by atoms with van der Waals surface area (Å²) in [5.41, 5.74) is 6.75. The van der Waals surface area contributed by atoms with Crippen LogP contribution in [0.25, 0.3) is 5.70 Å². The Labute approximate surface area is 88.8 Å². The predicted molar refractivity (Wildman–Crippen MR) is 57.6 cm³/mol. The number of nitrogens with zero attached hydrogens (tertiary/aromatic N) is 1. The smallest absolute Gasteiger partial charge is 0.333 e. The monoisotopic (exact) mass is 206 g/mol. The summed E-state index contributed by atoms with van der Waals surface area (Å²) in [4.78, 5) is 15.1. The molecule has 0 aliphatic heterocycles. The standard InChI is InChI=1S/C11H14N2O2/c1-8(2)15-11(14)6-10(12)9-4-3-5-13-7-9/h3-8H,12H2,1-2H3. The Bertz CT molecular complexity index is 358. The fourth-order valence-corrected chi connectivity index (χ4v) is 1.01. The molecule has 0 aromatic carbocycles. The highest BCUT2D eigenvalue weighted by Crippen LogP contribution is 2.06. The average Bonchev–Trinajstić information content (AvgIpc) is 2.17. The lowest BCUT2D eigenvalue weighted by molar-refractivity contribution is -0.141. The molecule has 0 unspecified atom stereocenters. The number of nitrogens with two attached hydrogens (primary N) is 1. The van der Waals surface area contributed by atoms with Crippen LogP contribution in [-0.2, 0) is 9.53 Å². The lowest BCUT2D eigenvalue weighted by Crippen LogP contribution is -2.10. The van der Waals surface area contributed by atoms with Crippen molar-refractivity contribution in [1.82, 2.24) is 4.98 Å². The molecule has 0 spiro atoms. The van der Waals surface area contributed by atoms with Crippen LogP contribution in [0.3, 0.4) is 0 Å². The number of pyridine rings is 1. The average molecular weight is 206 g/mol. The maximum atomic E-state index is 11.2.